The lowest BCUT2D eigenvalue weighted by Gasteiger charge is -2.39. The smallest absolute Gasteiger partial charge is 0.306 e. The molecule has 9 nitrogen and oxygen atoms in total. The highest BCUT2D eigenvalue weighted by Crippen LogP contribution is 2.44. The van der Waals surface area contributed by atoms with Gasteiger partial charge in [0.05, 0.1) is 24.7 Å². The van der Waals surface area contributed by atoms with E-state index in [1.165, 1.54) is 0 Å². The van der Waals surface area contributed by atoms with Crippen LogP contribution in [-0.4, -0.2) is 88.1 Å². The monoisotopic (exact) mass is 975 g/mol. The fourth-order valence-corrected chi connectivity index (χ4v) is 13.5. The number of rotatable bonds is 28. The van der Waals surface area contributed by atoms with Gasteiger partial charge in [0.25, 0.3) is 0 Å². The number of carbonyl (C=O) groups is 6. The second-order valence-corrected chi connectivity index (χ2v) is 26.7. The molecule has 0 aromatic heterocycles. The zero-order valence-corrected chi connectivity index (χ0v) is 45.3. The van der Waals surface area contributed by atoms with Crippen LogP contribution in [0.5, 0.6) is 0 Å². The van der Waals surface area contributed by atoms with Crippen molar-refractivity contribution in [2.45, 2.75) is 170 Å². The Hall–Kier alpha value is -2.31. The van der Waals surface area contributed by atoms with E-state index < -0.39 is 23.3 Å². The van der Waals surface area contributed by atoms with Crippen molar-refractivity contribution in [1.29, 1.82) is 0 Å². The van der Waals surface area contributed by atoms with E-state index in [1.54, 1.807) is 35.3 Å². The first-order valence-corrected chi connectivity index (χ1v) is 27.9. The van der Waals surface area contributed by atoms with Crippen molar-refractivity contribution >= 4 is 70.5 Å². The predicted octanol–water partition coefficient (Wildman–Crippen LogP) is 12.1. The molecule has 0 aromatic rings. The number of carbonyl (C=O) groups excluding carboxylic acids is 6. The third kappa shape index (κ3) is 18.2. The molecule has 0 heterocycles. The van der Waals surface area contributed by atoms with Crippen molar-refractivity contribution in [2.24, 2.45) is 57.2 Å². The summed E-state index contributed by atoms with van der Waals surface area (Å²) in [5, 5.41) is 0.143. The SMILES string of the molecule is CCC(COC(=O)CCSC(C)CC(=O)C1C(C)C=CCC1(C)C)(COC(=O)CCSC(C)CC(=O)C1C(C)C=CCC1(C)C)COC(=O)CCSC(C)CC(=O)C1C(C)C=CCC1(C)C. The summed E-state index contributed by atoms with van der Waals surface area (Å²) in [5.41, 5.74) is -1.21. The van der Waals surface area contributed by atoms with Crippen LogP contribution in [0.4, 0.5) is 0 Å². The lowest BCUT2D eigenvalue weighted by atomic mass is 9.65. The van der Waals surface area contributed by atoms with Crippen molar-refractivity contribution in [3.05, 3.63) is 36.5 Å². The number of esters is 3. The van der Waals surface area contributed by atoms with Crippen LogP contribution in [0.25, 0.3) is 0 Å². The molecule has 3 aliphatic rings. The molecule has 0 saturated heterocycles. The first-order valence-electron chi connectivity index (χ1n) is 24.7. The van der Waals surface area contributed by atoms with E-state index in [1.807, 2.05) is 27.7 Å². The van der Waals surface area contributed by atoms with Gasteiger partial charge in [0.15, 0.2) is 0 Å². The third-order valence-corrected chi connectivity index (χ3v) is 17.9. The summed E-state index contributed by atoms with van der Waals surface area (Å²) >= 11 is 4.74. The zero-order chi connectivity index (χ0) is 49.5. The van der Waals surface area contributed by atoms with Crippen LogP contribution < -0.4 is 0 Å². The van der Waals surface area contributed by atoms with Crippen LogP contribution in [-0.2, 0) is 43.0 Å². The van der Waals surface area contributed by atoms with Gasteiger partial charge in [-0.05, 0) is 59.7 Å². The molecule has 0 N–H and O–H groups in total. The van der Waals surface area contributed by atoms with Gasteiger partial charge >= 0.3 is 17.9 Å². The van der Waals surface area contributed by atoms with E-state index in [0.717, 1.165) is 19.3 Å². The summed E-state index contributed by atoms with van der Waals surface area (Å²) < 4.78 is 17.4. The molecule has 9 atom stereocenters. The molecule has 0 bridgehead atoms. The molecular weight excluding hydrogens is 889 g/mol. The fourth-order valence-electron chi connectivity index (χ4n) is 10.6. The maximum atomic E-state index is 13.4. The maximum Gasteiger partial charge on any atom is 0.306 e. The first-order chi connectivity index (χ1) is 30.8. The molecule has 0 saturated carbocycles. The van der Waals surface area contributed by atoms with Gasteiger partial charge in [0, 0.05) is 70.0 Å². The number of Topliss-reactive ketones (excluding diaryl/α,β-unsaturated/α-hetero) is 3. The molecule has 12 heteroatoms. The van der Waals surface area contributed by atoms with Gasteiger partial charge in [-0.15, -0.1) is 0 Å². The van der Waals surface area contributed by atoms with E-state index in [4.69, 9.17) is 14.2 Å². The third-order valence-electron chi connectivity index (χ3n) is 14.4. The summed E-state index contributed by atoms with van der Waals surface area (Å²) in [5.74, 6) is 1.54. The minimum atomic E-state index is -0.957. The highest BCUT2D eigenvalue weighted by molar-refractivity contribution is 8.00. The minimum Gasteiger partial charge on any atom is -0.465 e. The van der Waals surface area contributed by atoms with E-state index in [9.17, 15) is 28.8 Å². The van der Waals surface area contributed by atoms with E-state index in [2.05, 4.69) is 98.8 Å². The molecule has 0 radical (unpaired) electrons. The number of ketones is 3. The Morgan fingerprint density at radius 1 is 0.515 bits per heavy atom. The Bertz CT molecular complexity index is 1540. The Morgan fingerprint density at radius 3 is 1.00 bits per heavy atom. The van der Waals surface area contributed by atoms with Gasteiger partial charge < -0.3 is 14.2 Å². The van der Waals surface area contributed by atoms with Crippen LogP contribution in [0.2, 0.25) is 0 Å². The minimum absolute atomic E-state index is 0.0291. The number of hydrogen-bond acceptors (Lipinski definition) is 12. The largest absolute Gasteiger partial charge is 0.465 e. The topological polar surface area (TPSA) is 130 Å². The molecule has 0 fully saturated rings. The summed E-state index contributed by atoms with van der Waals surface area (Å²) in [6, 6.07) is 0. The summed E-state index contributed by atoms with van der Waals surface area (Å²) in [6.45, 7) is 27.0. The highest BCUT2D eigenvalue weighted by Gasteiger charge is 2.42. The Balaban J connectivity index is 1.53. The molecule has 66 heavy (non-hydrogen) atoms. The Kier molecular flexibility index (Phi) is 23.4. The number of allylic oxidation sites excluding steroid dienone is 6. The van der Waals surface area contributed by atoms with Crippen molar-refractivity contribution in [3.63, 3.8) is 0 Å². The molecule has 3 rings (SSSR count). The summed E-state index contributed by atoms with van der Waals surface area (Å²) in [4.78, 5) is 79.6. The first kappa shape index (κ1) is 58.0. The van der Waals surface area contributed by atoms with Gasteiger partial charge in [-0.25, -0.2) is 0 Å². The van der Waals surface area contributed by atoms with Crippen molar-refractivity contribution < 1.29 is 43.0 Å². The number of hydrogen-bond donors (Lipinski definition) is 0. The molecule has 9 unspecified atom stereocenters. The van der Waals surface area contributed by atoms with Crippen molar-refractivity contribution in [2.75, 3.05) is 37.1 Å². The average Bonchev–Trinajstić information content (AvgIpc) is 3.19. The lowest BCUT2D eigenvalue weighted by Crippen LogP contribution is -2.39. The van der Waals surface area contributed by atoms with Gasteiger partial charge in [0.2, 0.25) is 0 Å². The predicted molar refractivity (Wildman–Crippen MR) is 275 cm³/mol. The molecule has 0 aromatic carbocycles. The van der Waals surface area contributed by atoms with Gasteiger partial charge in [-0.2, -0.15) is 35.3 Å². The number of ether oxygens (including phenoxy) is 3. The molecule has 3 aliphatic carbocycles. The fraction of sp³-hybridized carbons (Fsp3) is 0.778. The molecule has 0 amide bonds. The second-order valence-electron chi connectivity index (χ2n) is 22.0. The number of thioether (sulfide) groups is 3. The lowest BCUT2D eigenvalue weighted by molar-refractivity contribution is -0.162. The van der Waals surface area contributed by atoms with Crippen LogP contribution in [0.3, 0.4) is 0 Å². The van der Waals surface area contributed by atoms with Crippen LogP contribution in [0.15, 0.2) is 36.5 Å². The zero-order valence-electron chi connectivity index (χ0n) is 42.9. The van der Waals surface area contributed by atoms with E-state index >= 15 is 0 Å². The van der Waals surface area contributed by atoms with Gasteiger partial charge in [0.1, 0.15) is 37.2 Å². The molecule has 374 valence electrons. The average molecular weight is 975 g/mol. The van der Waals surface area contributed by atoms with Crippen LogP contribution in [0.1, 0.15) is 154 Å². The van der Waals surface area contributed by atoms with Crippen molar-refractivity contribution in [1.82, 2.24) is 0 Å². The van der Waals surface area contributed by atoms with Crippen molar-refractivity contribution in [3.8, 4) is 0 Å². The standard InChI is InChI=1S/C54H86O9S3/c1-14-54(33-61-45(58)21-27-64-39(5)30-42(55)48-36(2)18-15-24-51(48,8)9,34-62-46(59)22-28-65-40(6)31-43(56)49-37(3)19-16-25-52(49,10)11)35-63-47(60)23-29-66-41(7)32-44(57)50-38(4)20-17-26-53(50,12)13/h15-20,36-41,48-50H,14,21-35H2,1-13H3. The summed E-state index contributed by atoms with van der Waals surface area (Å²) in [7, 11) is 0. The maximum absolute atomic E-state index is 13.4. The molecular formula is C54H86O9S3. The quantitative estimate of drug-likeness (QED) is 0.0420. The van der Waals surface area contributed by atoms with Crippen LogP contribution >= 0.6 is 35.3 Å². The van der Waals surface area contributed by atoms with E-state index in [-0.39, 0.29) is 124 Å². The highest BCUT2D eigenvalue weighted by atomic mass is 32.2. The van der Waals surface area contributed by atoms with Gasteiger partial charge in [-0.3, -0.25) is 28.8 Å². The Morgan fingerprint density at radius 2 is 0.773 bits per heavy atom. The van der Waals surface area contributed by atoms with Gasteiger partial charge in [-0.1, -0.05) is 126 Å². The molecule has 0 spiro atoms. The van der Waals surface area contributed by atoms with E-state index in [0.29, 0.717) is 42.9 Å². The summed E-state index contributed by atoms with van der Waals surface area (Å²) in [6.07, 6.45) is 17.8. The van der Waals surface area contributed by atoms with Crippen LogP contribution in [0, 0.1) is 57.2 Å². The second kappa shape index (κ2) is 26.6. The molecule has 0 aliphatic heterocycles. The Labute approximate surface area is 412 Å². The normalized spacial score (nSPS) is 26.3.